The minimum Gasteiger partial charge on any atom is -0.373 e. The molecule has 2 rings (SSSR count). The first-order chi connectivity index (χ1) is 10.3. The summed E-state index contributed by atoms with van der Waals surface area (Å²) in [6.07, 6.45) is 0. The van der Waals surface area contributed by atoms with Crippen LogP contribution in [0.2, 0.25) is 0 Å². The van der Waals surface area contributed by atoms with Crippen LogP contribution in [0.5, 0.6) is 0 Å². The molecule has 1 atom stereocenters. The van der Waals surface area contributed by atoms with Gasteiger partial charge in [-0.2, -0.15) is 0 Å². The molecule has 0 radical (unpaired) electrons. The summed E-state index contributed by atoms with van der Waals surface area (Å²) in [5.74, 6) is 0.539. The van der Waals surface area contributed by atoms with Crippen LogP contribution in [0.15, 0.2) is 24.3 Å². The van der Waals surface area contributed by atoms with Crippen LogP contribution in [0.4, 0.5) is 16.2 Å². The summed E-state index contributed by atoms with van der Waals surface area (Å²) in [4.78, 5) is 16.4. The van der Waals surface area contributed by atoms with E-state index in [9.17, 15) is 9.00 Å². The number of nitrogens with zero attached hydrogens (tertiary/aromatic N) is 2. The molecule has 1 aliphatic rings. The van der Waals surface area contributed by atoms with E-state index in [2.05, 4.69) is 17.1 Å². The van der Waals surface area contributed by atoms with Crippen LogP contribution in [0, 0.1) is 0 Å². The zero-order valence-electron chi connectivity index (χ0n) is 13.8. The third-order valence-corrected chi connectivity index (χ3v) is 5.97. The monoisotopic (exact) mass is 323 g/mol. The Hall–Kier alpha value is -1.56. The van der Waals surface area contributed by atoms with E-state index in [1.807, 2.05) is 45.2 Å². The van der Waals surface area contributed by atoms with E-state index in [-0.39, 0.29) is 10.8 Å². The van der Waals surface area contributed by atoms with Gasteiger partial charge in [0, 0.05) is 43.2 Å². The standard InChI is InChI=1S/C16H25N3O2S/c1-5-18(4)14-9-7-6-8-13(14)17-15(20)19-10-11-22(21)16(2,3)12-19/h6-9H,5,10-12H2,1-4H3,(H,17,20). The number of para-hydroxylation sites is 2. The molecule has 1 fully saturated rings. The molecule has 1 saturated heterocycles. The number of nitrogens with one attached hydrogen (secondary N) is 1. The zero-order chi connectivity index (χ0) is 16.3. The summed E-state index contributed by atoms with van der Waals surface area (Å²) in [6, 6.07) is 7.66. The van der Waals surface area contributed by atoms with Crippen molar-refractivity contribution in [2.45, 2.75) is 25.5 Å². The second-order valence-electron chi connectivity index (χ2n) is 6.19. The normalized spacial score (nSPS) is 20.5. The first-order valence-electron chi connectivity index (χ1n) is 7.59. The lowest BCUT2D eigenvalue weighted by molar-refractivity contribution is 0.207. The van der Waals surface area contributed by atoms with Crippen molar-refractivity contribution in [1.82, 2.24) is 4.90 Å². The van der Waals surface area contributed by atoms with Crippen LogP contribution in [0.3, 0.4) is 0 Å². The van der Waals surface area contributed by atoms with Crippen LogP contribution in [-0.2, 0) is 10.8 Å². The molecule has 6 heteroatoms. The Balaban J connectivity index is 2.11. The van der Waals surface area contributed by atoms with Gasteiger partial charge in [-0.3, -0.25) is 4.21 Å². The Morgan fingerprint density at radius 1 is 1.41 bits per heavy atom. The van der Waals surface area contributed by atoms with Crippen molar-refractivity contribution in [3.05, 3.63) is 24.3 Å². The van der Waals surface area contributed by atoms with E-state index in [1.54, 1.807) is 4.90 Å². The van der Waals surface area contributed by atoms with E-state index < -0.39 is 10.8 Å². The number of urea groups is 1. The van der Waals surface area contributed by atoms with Gasteiger partial charge < -0.3 is 15.1 Å². The average molecular weight is 323 g/mol. The highest BCUT2D eigenvalue weighted by molar-refractivity contribution is 7.86. The molecule has 0 aliphatic carbocycles. The van der Waals surface area contributed by atoms with Gasteiger partial charge in [0.05, 0.1) is 16.1 Å². The lowest BCUT2D eigenvalue weighted by atomic mass is 10.2. The predicted octanol–water partition coefficient (Wildman–Crippen LogP) is 2.52. The second kappa shape index (κ2) is 6.69. The third kappa shape index (κ3) is 3.61. The molecule has 1 heterocycles. The highest BCUT2D eigenvalue weighted by Gasteiger charge is 2.35. The van der Waals surface area contributed by atoms with Gasteiger partial charge in [0.25, 0.3) is 0 Å². The van der Waals surface area contributed by atoms with Gasteiger partial charge >= 0.3 is 6.03 Å². The summed E-state index contributed by atoms with van der Waals surface area (Å²) >= 11 is 0. The molecule has 2 amide bonds. The van der Waals surface area contributed by atoms with E-state index in [0.29, 0.717) is 18.8 Å². The fourth-order valence-corrected chi connectivity index (χ4v) is 3.77. The Bertz CT molecular complexity index is 574. The van der Waals surface area contributed by atoms with Gasteiger partial charge in [-0.15, -0.1) is 0 Å². The molecular weight excluding hydrogens is 298 g/mol. The molecule has 1 unspecified atom stereocenters. The summed E-state index contributed by atoms with van der Waals surface area (Å²) in [5.41, 5.74) is 1.81. The molecule has 1 aromatic carbocycles. The molecule has 0 spiro atoms. The summed E-state index contributed by atoms with van der Waals surface area (Å²) in [5, 5.41) is 2.99. The van der Waals surface area contributed by atoms with Crippen molar-refractivity contribution in [3.63, 3.8) is 0 Å². The molecule has 1 N–H and O–H groups in total. The van der Waals surface area contributed by atoms with Crippen molar-refractivity contribution < 1.29 is 9.00 Å². The number of anilines is 2. The van der Waals surface area contributed by atoms with Crippen molar-refractivity contribution in [3.8, 4) is 0 Å². The minimum atomic E-state index is -0.877. The Kier molecular flexibility index (Phi) is 5.11. The predicted molar refractivity (Wildman–Crippen MR) is 93.1 cm³/mol. The van der Waals surface area contributed by atoms with Crippen molar-refractivity contribution in [2.75, 3.05) is 42.7 Å². The Morgan fingerprint density at radius 2 is 2.09 bits per heavy atom. The van der Waals surface area contributed by atoms with Gasteiger partial charge in [-0.1, -0.05) is 12.1 Å². The molecule has 0 aromatic heterocycles. The molecule has 0 bridgehead atoms. The van der Waals surface area contributed by atoms with Gasteiger partial charge in [0.15, 0.2) is 0 Å². The Morgan fingerprint density at radius 3 is 2.73 bits per heavy atom. The maximum Gasteiger partial charge on any atom is 0.321 e. The van der Waals surface area contributed by atoms with E-state index in [4.69, 9.17) is 0 Å². The largest absolute Gasteiger partial charge is 0.373 e. The van der Waals surface area contributed by atoms with Crippen molar-refractivity contribution >= 4 is 28.2 Å². The lowest BCUT2D eigenvalue weighted by Crippen LogP contribution is -2.53. The van der Waals surface area contributed by atoms with E-state index in [0.717, 1.165) is 17.9 Å². The maximum absolute atomic E-state index is 12.5. The summed E-state index contributed by atoms with van der Waals surface area (Å²) < 4.78 is 11.6. The van der Waals surface area contributed by atoms with Crippen LogP contribution in [0.25, 0.3) is 0 Å². The zero-order valence-corrected chi connectivity index (χ0v) is 14.6. The first kappa shape index (κ1) is 16.8. The summed E-state index contributed by atoms with van der Waals surface area (Å²) in [7, 11) is 1.12. The molecule has 5 nitrogen and oxygen atoms in total. The van der Waals surface area contributed by atoms with Crippen LogP contribution in [-0.4, -0.2) is 52.3 Å². The number of carbonyl (C=O) groups is 1. The van der Waals surface area contributed by atoms with Gasteiger partial charge in [0.1, 0.15) is 0 Å². The molecule has 22 heavy (non-hydrogen) atoms. The number of carbonyl (C=O) groups excluding carboxylic acids is 1. The number of hydrogen-bond donors (Lipinski definition) is 1. The number of hydrogen-bond acceptors (Lipinski definition) is 3. The van der Waals surface area contributed by atoms with E-state index >= 15 is 0 Å². The highest BCUT2D eigenvalue weighted by atomic mass is 32.2. The topological polar surface area (TPSA) is 52.7 Å². The van der Waals surface area contributed by atoms with E-state index in [1.165, 1.54) is 0 Å². The molecule has 1 aliphatic heterocycles. The highest BCUT2D eigenvalue weighted by Crippen LogP contribution is 2.26. The smallest absolute Gasteiger partial charge is 0.321 e. The van der Waals surface area contributed by atoms with Crippen LogP contribution < -0.4 is 10.2 Å². The molecule has 0 saturated carbocycles. The molecular formula is C16H25N3O2S. The van der Waals surface area contributed by atoms with Gasteiger partial charge in [-0.25, -0.2) is 4.79 Å². The quantitative estimate of drug-likeness (QED) is 0.930. The van der Waals surface area contributed by atoms with Crippen LogP contribution in [0.1, 0.15) is 20.8 Å². The SMILES string of the molecule is CCN(C)c1ccccc1NC(=O)N1CCS(=O)C(C)(C)C1. The van der Waals surface area contributed by atoms with Gasteiger partial charge in [0.2, 0.25) is 0 Å². The van der Waals surface area contributed by atoms with Crippen molar-refractivity contribution in [2.24, 2.45) is 0 Å². The number of rotatable bonds is 3. The Labute approximate surface area is 135 Å². The number of benzene rings is 1. The minimum absolute atomic E-state index is 0.123. The average Bonchev–Trinajstić information content (AvgIpc) is 2.49. The fraction of sp³-hybridized carbons (Fsp3) is 0.562. The first-order valence-corrected chi connectivity index (χ1v) is 8.91. The lowest BCUT2D eigenvalue weighted by Gasteiger charge is -2.37. The van der Waals surface area contributed by atoms with Crippen LogP contribution >= 0.6 is 0 Å². The fourth-order valence-electron chi connectivity index (χ4n) is 2.53. The van der Waals surface area contributed by atoms with Gasteiger partial charge in [-0.05, 0) is 32.9 Å². The third-order valence-electron chi connectivity index (χ3n) is 4.05. The molecule has 122 valence electrons. The maximum atomic E-state index is 12.5. The number of amides is 2. The second-order valence-corrected chi connectivity index (χ2v) is 8.40. The summed E-state index contributed by atoms with van der Waals surface area (Å²) in [6.45, 7) is 7.87. The molecule has 1 aromatic rings. The van der Waals surface area contributed by atoms with Crippen molar-refractivity contribution in [1.29, 1.82) is 0 Å².